The predicted molar refractivity (Wildman–Crippen MR) is 98.1 cm³/mol. The second-order valence-corrected chi connectivity index (χ2v) is 5.56. The van der Waals surface area contributed by atoms with Crippen LogP contribution in [0.4, 0.5) is 5.82 Å². The van der Waals surface area contributed by atoms with Crippen molar-refractivity contribution in [1.29, 1.82) is 0 Å². The van der Waals surface area contributed by atoms with Gasteiger partial charge in [0, 0.05) is 25.2 Å². The minimum atomic E-state index is -0.0599. The summed E-state index contributed by atoms with van der Waals surface area (Å²) in [6.45, 7) is 5.64. The third-order valence-corrected chi connectivity index (χ3v) is 3.54. The SMILES string of the molecule is CCOc1cc(CNCCC(=O)Nc2cccc(C)n2)ccc1OC. The maximum absolute atomic E-state index is 11.9. The molecule has 134 valence electrons. The number of nitrogens with zero attached hydrogens (tertiary/aromatic N) is 1. The van der Waals surface area contributed by atoms with Crippen LogP contribution in [0.25, 0.3) is 0 Å². The molecule has 2 aromatic rings. The summed E-state index contributed by atoms with van der Waals surface area (Å²) in [6, 6.07) is 11.4. The standard InChI is InChI=1S/C19H25N3O3/c1-4-25-17-12-15(8-9-16(17)24-3)13-20-11-10-19(23)22-18-7-5-6-14(2)21-18/h5-9,12,20H,4,10-11,13H2,1-3H3,(H,21,22,23). The summed E-state index contributed by atoms with van der Waals surface area (Å²) < 4.78 is 10.8. The van der Waals surface area contributed by atoms with Crippen molar-refractivity contribution in [2.45, 2.75) is 26.8 Å². The molecule has 2 rings (SSSR count). The molecule has 0 atom stereocenters. The van der Waals surface area contributed by atoms with E-state index in [0.29, 0.717) is 31.9 Å². The Labute approximate surface area is 148 Å². The molecule has 1 amide bonds. The van der Waals surface area contributed by atoms with Gasteiger partial charge in [0.05, 0.1) is 13.7 Å². The molecule has 0 fully saturated rings. The van der Waals surface area contributed by atoms with Crippen LogP contribution < -0.4 is 20.1 Å². The largest absolute Gasteiger partial charge is 0.493 e. The number of anilines is 1. The number of rotatable bonds is 9. The van der Waals surface area contributed by atoms with Crippen LogP contribution in [-0.4, -0.2) is 31.2 Å². The molecule has 6 heteroatoms. The van der Waals surface area contributed by atoms with Crippen LogP contribution in [0.2, 0.25) is 0 Å². The second kappa shape index (κ2) is 9.64. The van der Waals surface area contributed by atoms with E-state index in [-0.39, 0.29) is 5.91 Å². The highest BCUT2D eigenvalue weighted by Gasteiger charge is 2.06. The molecule has 0 aliphatic heterocycles. The van der Waals surface area contributed by atoms with Gasteiger partial charge >= 0.3 is 0 Å². The minimum absolute atomic E-state index is 0.0599. The summed E-state index contributed by atoms with van der Waals surface area (Å²) in [6.07, 6.45) is 0.379. The molecule has 0 radical (unpaired) electrons. The van der Waals surface area contributed by atoms with Gasteiger partial charge in [0.25, 0.3) is 0 Å². The number of nitrogens with one attached hydrogen (secondary N) is 2. The third kappa shape index (κ3) is 6.08. The maximum Gasteiger partial charge on any atom is 0.226 e. The number of hydrogen-bond acceptors (Lipinski definition) is 5. The molecule has 0 spiro atoms. The zero-order valence-electron chi connectivity index (χ0n) is 15.0. The molecule has 6 nitrogen and oxygen atoms in total. The minimum Gasteiger partial charge on any atom is -0.493 e. The Morgan fingerprint density at radius 2 is 2.04 bits per heavy atom. The van der Waals surface area contributed by atoms with E-state index in [1.54, 1.807) is 13.2 Å². The number of methoxy groups -OCH3 is 1. The maximum atomic E-state index is 11.9. The highest BCUT2D eigenvalue weighted by molar-refractivity contribution is 5.89. The zero-order valence-corrected chi connectivity index (χ0v) is 15.0. The molecular weight excluding hydrogens is 318 g/mol. The summed E-state index contributed by atoms with van der Waals surface area (Å²) in [4.78, 5) is 16.2. The van der Waals surface area contributed by atoms with Crippen molar-refractivity contribution >= 4 is 11.7 Å². The topological polar surface area (TPSA) is 72.5 Å². The number of hydrogen-bond donors (Lipinski definition) is 2. The average Bonchev–Trinajstić information content (AvgIpc) is 2.59. The quantitative estimate of drug-likeness (QED) is 0.685. The Balaban J connectivity index is 1.77. The lowest BCUT2D eigenvalue weighted by Crippen LogP contribution is -2.22. The molecule has 0 saturated carbocycles. The van der Waals surface area contributed by atoms with Crippen LogP contribution in [-0.2, 0) is 11.3 Å². The zero-order chi connectivity index (χ0) is 18.1. The normalized spacial score (nSPS) is 10.4. The summed E-state index contributed by atoms with van der Waals surface area (Å²) in [5.41, 5.74) is 1.95. The molecular formula is C19H25N3O3. The first-order valence-corrected chi connectivity index (χ1v) is 8.36. The molecule has 0 aliphatic rings. The van der Waals surface area contributed by atoms with E-state index >= 15 is 0 Å². The van der Waals surface area contributed by atoms with Crippen LogP contribution in [0.15, 0.2) is 36.4 Å². The highest BCUT2D eigenvalue weighted by atomic mass is 16.5. The lowest BCUT2D eigenvalue weighted by atomic mass is 10.2. The van der Waals surface area contributed by atoms with Gasteiger partial charge in [-0.15, -0.1) is 0 Å². The highest BCUT2D eigenvalue weighted by Crippen LogP contribution is 2.27. The van der Waals surface area contributed by atoms with Crippen LogP contribution in [0.5, 0.6) is 11.5 Å². The first-order chi connectivity index (χ1) is 12.1. The van der Waals surface area contributed by atoms with Gasteiger partial charge < -0.3 is 20.1 Å². The molecule has 0 aliphatic carbocycles. The number of amides is 1. The number of carbonyl (C=O) groups is 1. The van der Waals surface area contributed by atoms with Crippen molar-refractivity contribution in [3.05, 3.63) is 47.7 Å². The van der Waals surface area contributed by atoms with E-state index in [1.165, 1.54) is 0 Å². The average molecular weight is 343 g/mol. The van der Waals surface area contributed by atoms with Crippen LogP contribution in [0.3, 0.4) is 0 Å². The van der Waals surface area contributed by atoms with E-state index in [0.717, 1.165) is 22.8 Å². The Morgan fingerprint density at radius 3 is 2.76 bits per heavy atom. The first-order valence-electron chi connectivity index (χ1n) is 8.36. The lowest BCUT2D eigenvalue weighted by Gasteiger charge is -2.11. The fraction of sp³-hybridized carbons (Fsp3) is 0.368. The summed E-state index contributed by atoms with van der Waals surface area (Å²) in [5, 5.41) is 6.05. The molecule has 2 N–H and O–H groups in total. The monoisotopic (exact) mass is 343 g/mol. The molecule has 1 aromatic carbocycles. The Hall–Kier alpha value is -2.60. The van der Waals surface area contributed by atoms with E-state index < -0.39 is 0 Å². The van der Waals surface area contributed by atoms with Gasteiger partial charge in [-0.3, -0.25) is 4.79 Å². The Kier molecular flexibility index (Phi) is 7.22. The van der Waals surface area contributed by atoms with Gasteiger partial charge in [0.15, 0.2) is 11.5 Å². The van der Waals surface area contributed by atoms with Gasteiger partial charge in [-0.25, -0.2) is 4.98 Å². The lowest BCUT2D eigenvalue weighted by molar-refractivity contribution is -0.116. The van der Waals surface area contributed by atoms with Crippen molar-refractivity contribution in [3.8, 4) is 11.5 Å². The number of carbonyl (C=O) groups excluding carboxylic acids is 1. The fourth-order valence-electron chi connectivity index (χ4n) is 2.35. The number of benzene rings is 1. The smallest absolute Gasteiger partial charge is 0.226 e. The van der Waals surface area contributed by atoms with Gasteiger partial charge in [-0.05, 0) is 43.7 Å². The van der Waals surface area contributed by atoms with Gasteiger partial charge in [-0.2, -0.15) is 0 Å². The van der Waals surface area contributed by atoms with Crippen molar-refractivity contribution in [1.82, 2.24) is 10.3 Å². The van der Waals surface area contributed by atoms with Crippen molar-refractivity contribution < 1.29 is 14.3 Å². The summed E-state index contributed by atoms with van der Waals surface area (Å²) >= 11 is 0. The summed E-state index contributed by atoms with van der Waals surface area (Å²) in [7, 11) is 1.62. The third-order valence-electron chi connectivity index (χ3n) is 3.54. The van der Waals surface area contributed by atoms with E-state index in [9.17, 15) is 4.79 Å². The molecule has 0 unspecified atom stereocenters. The van der Waals surface area contributed by atoms with Crippen LogP contribution in [0, 0.1) is 6.92 Å². The Morgan fingerprint density at radius 1 is 1.20 bits per heavy atom. The van der Waals surface area contributed by atoms with E-state index in [2.05, 4.69) is 15.6 Å². The second-order valence-electron chi connectivity index (χ2n) is 5.56. The number of pyridine rings is 1. The fourth-order valence-corrected chi connectivity index (χ4v) is 2.35. The van der Waals surface area contributed by atoms with Crippen LogP contribution in [0.1, 0.15) is 24.6 Å². The van der Waals surface area contributed by atoms with Crippen molar-refractivity contribution in [2.75, 3.05) is 25.6 Å². The Bertz CT molecular complexity index is 704. The van der Waals surface area contributed by atoms with Gasteiger partial charge in [0.1, 0.15) is 5.82 Å². The van der Waals surface area contributed by atoms with E-state index in [4.69, 9.17) is 9.47 Å². The summed E-state index contributed by atoms with van der Waals surface area (Å²) in [5.74, 6) is 1.97. The first kappa shape index (κ1) is 18.7. The van der Waals surface area contributed by atoms with Crippen molar-refractivity contribution in [2.24, 2.45) is 0 Å². The predicted octanol–water partition coefficient (Wildman–Crippen LogP) is 2.92. The molecule has 0 saturated heterocycles. The molecule has 1 aromatic heterocycles. The molecule has 25 heavy (non-hydrogen) atoms. The van der Waals surface area contributed by atoms with Gasteiger partial charge in [-0.1, -0.05) is 12.1 Å². The number of aryl methyl sites for hydroxylation is 1. The molecule has 1 heterocycles. The van der Waals surface area contributed by atoms with Crippen LogP contribution >= 0.6 is 0 Å². The van der Waals surface area contributed by atoms with Crippen molar-refractivity contribution in [3.63, 3.8) is 0 Å². The van der Waals surface area contributed by atoms with E-state index in [1.807, 2.05) is 44.2 Å². The van der Waals surface area contributed by atoms with Gasteiger partial charge in [0.2, 0.25) is 5.91 Å². The molecule has 0 bridgehead atoms. The number of ether oxygens (including phenoxy) is 2. The number of aromatic nitrogens is 1.